The van der Waals surface area contributed by atoms with Gasteiger partial charge in [0.25, 0.3) is 0 Å². The SMILES string of the molecule is Fc1ccc(-c2nc(Cl)cc(Cl)n2)cc1F. The molecule has 0 aliphatic heterocycles. The van der Waals surface area contributed by atoms with Crippen molar-refractivity contribution in [2.24, 2.45) is 0 Å². The molecule has 16 heavy (non-hydrogen) atoms. The zero-order valence-electron chi connectivity index (χ0n) is 7.72. The second kappa shape index (κ2) is 4.31. The zero-order chi connectivity index (χ0) is 11.7. The van der Waals surface area contributed by atoms with Gasteiger partial charge >= 0.3 is 0 Å². The van der Waals surface area contributed by atoms with Crippen LogP contribution >= 0.6 is 23.2 Å². The van der Waals surface area contributed by atoms with Crippen LogP contribution in [0.25, 0.3) is 11.4 Å². The van der Waals surface area contributed by atoms with Gasteiger partial charge in [-0.2, -0.15) is 0 Å². The summed E-state index contributed by atoms with van der Waals surface area (Å²) in [7, 11) is 0. The molecule has 82 valence electrons. The molecule has 0 saturated carbocycles. The summed E-state index contributed by atoms with van der Waals surface area (Å²) in [5.41, 5.74) is 0.309. The van der Waals surface area contributed by atoms with E-state index in [0.717, 1.165) is 12.1 Å². The lowest BCUT2D eigenvalue weighted by Crippen LogP contribution is -1.92. The minimum Gasteiger partial charge on any atom is -0.216 e. The molecule has 2 aromatic rings. The first-order chi connectivity index (χ1) is 7.56. The minimum absolute atomic E-state index is 0.139. The Morgan fingerprint density at radius 2 is 1.50 bits per heavy atom. The Bertz CT molecular complexity index is 526. The van der Waals surface area contributed by atoms with E-state index in [1.54, 1.807) is 0 Å². The summed E-state index contributed by atoms with van der Waals surface area (Å²) in [6, 6.07) is 4.67. The Morgan fingerprint density at radius 3 is 2.06 bits per heavy atom. The van der Waals surface area contributed by atoms with Gasteiger partial charge in [-0.3, -0.25) is 0 Å². The van der Waals surface area contributed by atoms with Crippen LogP contribution in [0.2, 0.25) is 10.3 Å². The van der Waals surface area contributed by atoms with Crippen molar-refractivity contribution in [1.82, 2.24) is 9.97 Å². The number of nitrogens with zero attached hydrogens (tertiary/aromatic N) is 2. The molecule has 0 bridgehead atoms. The molecular weight excluding hydrogens is 257 g/mol. The Labute approximate surface area is 99.9 Å². The van der Waals surface area contributed by atoms with Gasteiger partial charge in [0, 0.05) is 11.6 Å². The van der Waals surface area contributed by atoms with Crippen molar-refractivity contribution in [1.29, 1.82) is 0 Å². The number of hydrogen-bond acceptors (Lipinski definition) is 2. The predicted molar refractivity (Wildman–Crippen MR) is 57.4 cm³/mol. The van der Waals surface area contributed by atoms with Gasteiger partial charge in [0.05, 0.1) is 0 Å². The topological polar surface area (TPSA) is 25.8 Å². The lowest BCUT2D eigenvalue weighted by Gasteiger charge is -2.02. The van der Waals surface area contributed by atoms with Gasteiger partial charge in [0.15, 0.2) is 17.5 Å². The van der Waals surface area contributed by atoms with E-state index in [0.29, 0.717) is 5.56 Å². The van der Waals surface area contributed by atoms with E-state index in [4.69, 9.17) is 23.2 Å². The van der Waals surface area contributed by atoms with Gasteiger partial charge in [0.1, 0.15) is 10.3 Å². The lowest BCUT2D eigenvalue weighted by molar-refractivity contribution is 0.509. The summed E-state index contributed by atoms with van der Waals surface area (Å²) in [5, 5.41) is 0.277. The van der Waals surface area contributed by atoms with Crippen LogP contribution in [0.1, 0.15) is 0 Å². The van der Waals surface area contributed by atoms with Gasteiger partial charge in [-0.05, 0) is 18.2 Å². The van der Waals surface area contributed by atoms with Crippen molar-refractivity contribution in [2.45, 2.75) is 0 Å². The van der Waals surface area contributed by atoms with Crippen molar-refractivity contribution >= 4 is 23.2 Å². The van der Waals surface area contributed by atoms with Crippen LogP contribution in [0.15, 0.2) is 24.3 Å². The van der Waals surface area contributed by atoms with Gasteiger partial charge in [0.2, 0.25) is 0 Å². The monoisotopic (exact) mass is 260 g/mol. The normalized spacial score (nSPS) is 10.5. The van der Waals surface area contributed by atoms with Crippen LogP contribution in [0, 0.1) is 11.6 Å². The van der Waals surface area contributed by atoms with Crippen LogP contribution in [0.3, 0.4) is 0 Å². The molecule has 6 heteroatoms. The minimum atomic E-state index is -0.975. The number of rotatable bonds is 1. The van der Waals surface area contributed by atoms with Crippen LogP contribution in [-0.4, -0.2) is 9.97 Å². The highest BCUT2D eigenvalue weighted by Crippen LogP contribution is 2.21. The maximum atomic E-state index is 13.0. The molecule has 2 rings (SSSR count). The molecule has 1 aromatic carbocycles. The molecule has 1 heterocycles. The fraction of sp³-hybridized carbons (Fsp3) is 0. The first-order valence-corrected chi connectivity index (χ1v) is 4.97. The Morgan fingerprint density at radius 1 is 0.875 bits per heavy atom. The Kier molecular flexibility index (Phi) is 3.03. The van der Waals surface area contributed by atoms with Crippen molar-refractivity contribution in [3.05, 3.63) is 46.2 Å². The van der Waals surface area contributed by atoms with Crippen molar-refractivity contribution < 1.29 is 8.78 Å². The molecule has 0 atom stereocenters. The predicted octanol–water partition coefficient (Wildman–Crippen LogP) is 3.73. The number of hydrogen-bond donors (Lipinski definition) is 0. The van der Waals surface area contributed by atoms with E-state index in [-0.39, 0.29) is 16.1 Å². The first kappa shape index (κ1) is 11.2. The number of aromatic nitrogens is 2. The molecule has 0 amide bonds. The van der Waals surface area contributed by atoms with Crippen molar-refractivity contribution in [2.75, 3.05) is 0 Å². The third kappa shape index (κ3) is 2.28. The molecule has 2 nitrogen and oxygen atoms in total. The molecule has 0 fully saturated rings. The van der Waals surface area contributed by atoms with E-state index in [9.17, 15) is 8.78 Å². The van der Waals surface area contributed by atoms with E-state index in [1.807, 2.05) is 0 Å². The summed E-state index contributed by atoms with van der Waals surface area (Å²) in [6.45, 7) is 0. The third-order valence-electron chi connectivity index (χ3n) is 1.84. The number of halogens is 4. The summed E-state index contributed by atoms with van der Waals surface area (Å²) in [5.74, 6) is -1.76. The Hall–Kier alpha value is -1.26. The smallest absolute Gasteiger partial charge is 0.162 e. The van der Waals surface area contributed by atoms with Crippen LogP contribution in [-0.2, 0) is 0 Å². The van der Waals surface area contributed by atoms with Crippen LogP contribution in [0.5, 0.6) is 0 Å². The molecular formula is C10H4Cl2F2N2. The maximum Gasteiger partial charge on any atom is 0.162 e. The summed E-state index contributed by atoms with van der Waals surface area (Å²) < 4.78 is 25.7. The first-order valence-electron chi connectivity index (χ1n) is 4.22. The maximum absolute atomic E-state index is 13.0. The zero-order valence-corrected chi connectivity index (χ0v) is 9.23. The molecule has 0 unspecified atom stereocenters. The number of benzene rings is 1. The Balaban J connectivity index is 2.54. The third-order valence-corrected chi connectivity index (χ3v) is 2.23. The average Bonchev–Trinajstić information content (AvgIpc) is 2.20. The average molecular weight is 261 g/mol. The van der Waals surface area contributed by atoms with Gasteiger partial charge in [-0.15, -0.1) is 0 Å². The van der Waals surface area contributed by atoms with Gasteiger partial charge < -0.3 is 0 Å². The van der Waals surface area contributed by atoms with Crippen LogP contribution in [0.4, 0.5) is 8.78 Å². The molecule has 0 aliphatic rings. The fourth-order valence-electron chi connectivity index (χ4n) is 1.15. The largest absolute Gasteiger partial charge is 0.216 e. The standard InChI is InChI=1S/C10H4Cl2F2N2/c11-8-4-9(12)16-10(15-8)5-1-2-6(13)7(14)3-5/h1-4H. The molecule has 0 aliphatic carbocycles. The highest BCUT2D eigenvalue weighted by atomic mass is 35.5. The van der Waals surface area contributed by atoms with Crippen molar-refractivity contribution in [3.8, 4) is 11.4 Å². The van der Waals surface area contributed by atoms with E-state index >= 15 is 0 Å². The quantitative estimate of drug-likeness (QED) is 0.731. The summed E-state index contributed by atoms with van der Waals surface area (Å²) in [4.78, 5) is 7.71. The second-order valence-electron chi connectivity index (χ2n) is 2.97. The summed E-state index contributed by atoms with van der Waals surface area (Å²) in [6.07, 6.45) is 0. The molecule has 0 saturated heterocycles. The highest BCUT2D eigenvalue weighted by Gasteiger charge is 2.08. The highest BCUT2D eigenvalue weighted by molar-refractivity contribution is 6.33. The van der Waals surface area contributed by atoms with Gasteiger partial charge in [-0.1, -0.05) is 23.2 Å². The van der Waals surface area contributed by atoms with Gasteiger partial charge in [-0.25, -0.2) is 18.7 Å². The molecule has 1 aromatic heterocycles. The van der Waals surface area contributed by atoms with E-state index in [2.05, 4.69) is 9.97 Å². The lowest BCUT2D eigenvalue weighted by atomic mass is 10.2. The fourth-order valence-corrected chi connectivity index (χ4v) is 1.58. The van der Waals surface area contributed by atoms with E-state index < -0.39 is 11.6 Å². The molecule has 0 radical (unpaired) electrons. The van der Waals surface area contributed by atoms with E-state index in [1.165, 1.54) is 12.1 Å². The molecule has 0 spiro atoms. The molecule has 0 N–H and O–H groups in total. The second-order valence-corrected chi connectivity index (χ2v) is 3.74. The summed E-state index contributed by atoms with van der Waals surface area (Å²) >= 11 is 11.3. The van der Waals surface area contributed by atoms with Crippen LogP contribution < -0.4 is 0 Å². The van der Waals surface area contributed by atoms with Crippen molar-refractivity contribution in [3.63, 3.8) is 0 Å².